The fourth-order valence-electron chi connectivity index (χ4n) is 4.61. The maximum atomic E-state index is 13.3. The molecule has 2 heterocycles. The first kappa shape index (κ1) is 29.0. The Morgan fingerprint density at radius 2 is 1.28 bits per heavy atom. The molecule has 0 aliphatic carbocycles. The summed E-state index contributed by atoms with van der Waals surface area (Å²) in [5.41, 5.74) is 1.01. The number of nitrogens with zero attached hydrogens (tertiary/aromatic N) is 1. The van der Waals surface area contributed by atoms with Gasteiger partial charge in [-0.2, -0.15) is 0 Å². The molecule has 1 fully saturated rings. The molecule has 2 aliphatic heterocycles. The van der Waals surface area contributed by atoms with E-state index in [2.05, 4.69) is 18.5 Å². The number of benzene rings is 3. The lowest BCUT2D eigenvalue weighted by Crippen LogP contribution is -2.49. The van der Waals surface area contributed by atoms with E-state index < -0.39 is 48.4 Å². The number of hydrogen-bond donors (Lipinski definition) is 1. The third kappa shape index (κ3) is 6.55. The van der Waals surface area contributed by atoms with Gasteiger partial charge in [-0.15, -0.1) is 0 Å². The summed E-state index contributed by atoms with van der Waals surface area (Å²) in [5, 5.41) is 2.62. The predicted octanol–water partition coefficient (Wildman–Crippen LogP) is 3.99. The van der Waals surface area contributed by atoms with Gasteiger partial charge in [-0.05, 0) is 36.4 Å². The van der Waals surface area contributed by atoms with E-state index in [0.717, 1.165) is 0 Å². The average molecular weight is 581 g/mol. The smallest absolute Gasteiger partial charge is 0.338 e. The number of carbonyl (C=O) groups excluding carboxylic acids is 4. The van der Waals surface area contributed by atoms with Gasteiger partial charge in [0.2, 0.25) is 0 Å². The van der Waals surface area contributed by atoms with E-state index in [-0.39, 0.29) is 29.1 Å². The molecule has 218 valence electrons. The Balaban J connectivity index is 1.50. The van der Waals surface area contributed by atoms with Gasteiger partial charge >= 0.3 is 17.9 Å². The van der Waals surface area contributed by atoms with Crippen molar-refractivity contribution in [3.8, 4) is 0 Å². The number of esters is 3. The second kappa shape index (κ2) is 13.0. The minimum Gasteiger partial charge on any atom is -0.459 e. The Hall–Kier alpha value is -5.48. The van der Waals surface area contributed by atoms with E-state index in [0.29, 0.717) is 5.56 Å². The monoisotopic (exact) mass is 580 g/mol. The third-order valence-corrected chi connectivity index (χ3v) is 6.78. The fourth-order valence-corrected chi connectivity index (χ4v) is 4.61. The summed E-state index contributed by atoms with van der Waals surface area (Å²) in [6, 6.07) is 24.9. The van der Waals surface area contributed by atoms with Crippen LogP contribution in [0.15, 0.2) is 128 Å². The highest BCUT2D eigenvalue weighted by Gasteiger charge is 2.53. The van der Waals surface area contributed by atoms with Gasteiger partial charge in [0.25, 0.3) is 5.91 Å². The molecule has 43 heavy (non-hydrogen) atoms. The Bertz CT molecular complexity index is 1560. The lowest BCUT2D eigenvalue weighted by atomic mass is 10.1. The highest BCUT2D eigenvalue weighted by Crippen LogP contribution is 2.34. The minimum absolute atomic E-state index is 0.122. The molecule has 2 aliphatic rings. The van der Waals surface area contributed by atoms with Crippen LogP contribution in [0.2, 0.25) is 0 Å². The highest BCUT2D eigenvalue weighted by atomic mass is 16.7. The molecule has 10 nitrogen and oxygen atoms in total. The second-order valence-corrected chi connectivity index (χ2v) is 9.60. The summed E-state index contributed by atoms with van der Waals surface area (Å²) in [6.07, 6.45) is -1.93. The van der Waals surface area contributed by atoms with E-state index in [9.17, 15) is 19.2 Å². The summed E-state index contributed by atoms with van der Waals surface area (Å²) in [7, 11) is 0. The van der Waals surface area contributed by atoms with Gasteiger partial charge in [-0.25, -0.2) is 14.4 Å². The van der Waals surface area contributed by atoms with Crippen LogP contribution in [0.25, 0.3) is 0 Å². The first-order valence-corrected chi connectivity index (χ1v) is 13.4. The third-order valence-electron chi connectivity index (χ3n) is 6.78. The van der Waals surface area contributed by atoms with Crippen molar-refractivity contribution >= 4 is 23.8 Å². The van der Waals surface area contributed by atoms with Crippen LogP contribution in [0.1, 0.15) is 31.1 Å². The second-order valence-electron chi connectivity index (χ2n) is 9.60. The zero-order chi connectivity index (χ0) is 30.3. The van der Waals surface area contributed by atoms with Crippen molar-refractivity contribution in [2.24, 2.45) is 0 Å². The standard InChI is InChI=1S/C33H28N2O8/c1-3-22-19-35(21(2)34-29(22)36)30-28(43-33(39)25-17-11-6-12-18-25)27(42-32(38)24-15-9-5-10-16-24)26(41-30)20-40-31(37)23-13-7-4-8-14-23/h3-19,26-28,30H,1-2,20H2,(H,34,36). The molecule has 5 rings (SSSR count). The van der Waals surface area contributed by atoms with Crippen LogP contribution in [0, 0.1) is 0 Å². The molecule has 0 spiro atoms. The molecular weight excluding hydrogens is 552 g/mol. The zero-order valence-electron chi connectivity index (χ0n) is 23.0. The minimum atomic E-state index is -1.25. The van der Waals surface area contributed by atoms with Crippen LogP contribution in [-0.4, -0.2) is 59.9 Å². The lowest BCUT2D eigenvalue weighted by molar-refractivity contribution is -0.119. The van der Waals surface area contributed by atoms with Crippen LogP contribution >= 0.6 is 0 Å². The summed E-state index contributed by atoms with van der Waals surface area (Å²) in [6.45, 7) is 7.23. The van der Waals surface area contributed by atoms with Gasteiger partial charge in [-0.3, -0.25) is 4.79 Å². The number of carbonyl (C=O) groups is 4. The molecule has 0 bridgehead atoms. The molecule has 3 aromatic carbocycles. The van der Waals surface area contributed by atoms with Crippen LogP contribution in [0.3, 0.4) is 0 Å². The van der Waals surface area contributed by atoms with Gasteiger partial charge in [-0.1, -0.05) is 73.8 Å². The maximum absolute atomic E-state index is 13.3. The topological polar surface area (TPSA) is 120 Å². The molecule has 0 saturated carbocycles. The largest absolute Gasteiger partial charge is 0.459 e. The van der Waals surface area contributed by atoms with Crippen LogP contribution < -0.4 is 5.32 Å². The Morgan fingerprint density at radius 1 is 0.791 bits per heavy atom. The van der Waals surface area contributed by atoms with Gasteiger partial charge in [0.15, 0.2) is 18.4 Å². The lowest BCUT2D eigenvalue weighted by Gasteiger charge is -2.35. The van der Waals surface area contributed by atoms with E-state index >= 15 is 0 Å². The van der Waals surface area contributed by atoms with Crippen LogP contribution in [0.5, 0.6) is 0 Å². The van der Waals surface area contributed by atoms with Crippen molar-refractivity contribution in [1.82, 2.24) is 10.2 Å². The van der Waals surface area contributed by atoms with E-state index in [1.54, 1.807) is 91.0 Å². The Morgan fingerprint density at radius 3 is 1.79 bits per heavy atom. The highest BCUT2D eigenvalue weighted by molar-refractivity contribution is 5.98. The Kier molecular flexibility index (Phi) is 8.78. The summed E-state index contributed by atoms with van der Waals surface area (Å²) in [5.74, 6) is -2.35. The summed E-state index contributed by atoms with van der Waals surface area (Å²) < 4.78 is 23.7. The summed E-state index contributed by atoms with van der Waals surface area (Å²) in [4.78, 5) is 53.2. The van der Waals surface area contributed by atoms with Crippen molar-refractivity contribution in [3.05, 3.63) is 145 Å². The van der Waals surface area contributed by atoms with Crippen LogP contribution in [0.4, 0.5) is 0 Å². The molecule has 3 aromatic rings. The molecule has 10 heteroatoms. The Labute approximate surface area is 247 Å². The number of rotatable bonds is 9. The van der Waals surface area contributed by atoms with Gasteiger partial charge < -0.3 is 29.2 Å². The number of ether oxygens (including phenoxy) is 4. The van der Waals surface area contributed by atoms with E-state index in [1.807, 2.05) is 0 Å². The molecule has 0 aromatic heterocycles. The quantitative estimate of drug-likeness (QED) is 0.296. The van der Waals surface area contributed by atoms with Crippen LogP contribution in [-0.2, 0) is 23.7 Å². The average Bonchev–Trinajstić information content (AvgIpc) is 3.36. The predicted molar refractivity (Wildman–Crippen MR) is 154 cm³/mol. The SMILES string of the molecule is C=CC1=CN(C2OC(COC(=O)c3ccccc3)C(OC(=O)c3ccccc3)C2OC(=O)c2ccccc2)C(=C)NC1=O. The molecule has 1 saturated heterocycles. The number of hydrogen-bond acceptors (Lipinski definition) is 9. The molecule has 1 amide bonds. The fraction of sp³-hybridized carbons (Fsp3) is 0.152. The molecule has 1 N–H and O–H groups in total. The number of amides is 1. The molecule has 4 atom stereocenters. The first-order valence-electron chi connectivity index (χ1n) is 13.4. The van der Waals surface area contributed by atoms with Gasteiger partial charge in [0.1, 0.15) is 18.5 Å². The zero-order valence-corrected chi connectivity index (χ0v) is 23.0. The van der Waals surface area contributed by atoms with Crippen molar-refractivity contribution in [3.63, 3.8) is 0 Å². The molecule has 0 radical (unpaired) electrons. The van der Waals surface area contributed by atoms with Crippen molar-refractivity contribution in [2.45, 2.75) is 24.5 Å². The molecular formula is C33H28N2O8. The van der Waals surface area contributed by atoms with Crippen molar-refractivity contribution in [1.29, 1.82) is 0 Å². The molecule has 4 unspecified atom stereocenters. The first-order chi connectivity index (χ1) is 20.9. The number of nitrogens with one attached hydrogen (secondary N) is 1. The van der Waals surface area contributed by atoms with Crippen molar-refractivity contribution in [2.75, 3.05) is 6.61 Å². The van der Waals surface area contributed by atoms with Gasteiger partial charge in [0, 0.05) is 6.20 Å². The van der Waals surface area contributed by atoms with Gasteiger partial charge in [0.05, 0.1) is 22.3 Å². The normalized spacial score (nSPS) is 21.3. The summed E-state index contributed by atoms with van der Waals surface area (Å²) >= 11 is 0. The van der Waals surface area contributed by atoms with E-state index in [1.165, 1.54) is 17.2 Å². The van der Waals surface area contributed by atoms with Crippen molar-refractivity contribution < 1.29 is 38.1 Å². The van der Waals surface area contributed by atoms with E-state index in [4.69, 9.17) is 18.9 Å². The maximum Gasteiger partial charge on any atom is 0.338 e.